The smallest absolute Gasteiger partial charge is 0.277 e. The molecule has 0 aliphatic carbocycles. The summed E-state index contributed by atoms with van der Waals surface area (Å²) in [7, 11) is 0. The summed E-state index contributed by atoms with van der Waals surface area (Å²) in [6.07, 6.45) is 0. The highest BCUT2D eigenvalue weighted by molar-refractivity contribution is 8.00. The first-order chi connectivity index (χ1) is 11.5. The first-order valence-electron chi connectivity index (χ1n) is 7.40. The van der Waals surface area contributed by atoms with E-state index in [1.807, 2.05) is 38.1 Å². The number of hydrogen-bond donors (Lipinski definition) is 0. The third-order valence-corrected chi connectivity index (χ3v) is 4.67. The van der Waals surface area contributed by atoms with Gasteiger partial charge in [-0.05, 0) is 50.2 Å². The Kier molecular flexibility index (Phi) is 5.02. The maximum atomic E-state index is 12.4. The van der Waals surface area contributed by atoms with Gasteiger partial charge in [0.1, 0.15) is 0 Å². The molecule has 24 heavy (non-hydrogen) atoms. The number of halogens is 1. The number of carbonyl (C=O) groups is 1. The van der Waals surface area contributed by atoms with Gasteiger partial charge in [-0.15, -0.1) is 10.2 Å². The Labute approximate surface area is 149 Å². The summed E-state index contributed by atoms with van der Waals surface area (Å²) in [5.74, 6) is 0.440. The second kappa shape index (κ2) is 7.20. The van der Waals surface area contributed by atoms with Gasteiger partial charge < -0.3 is 4.42 Å². The predicted molar refractivity (Wildman–Crippen MR) is 95.6 cm³/mol. The van der Waals surface area contributed by atoms with Crippen molar-refractivity contribution in [3.8, 4) is 11.5 Å². The largest absolute Gasteiger partial charge is 0.411 e. The monoisotopic (exact) mass is 358 g/mol. The van der Waals surface area contributed by atoms with Crippen LogP contribution in [0.5, 0.6) is 0 Å². The molecule has 0 fully saturated rings. The number of benzene rings is 2. The predicted octanol–water partition coefficient (Wildman–Crippen LogP) is 5.06. The van der Waals surface area contributed by atoms with Crippen LogP contribution in [0.15, 0.2) is 58.2 Å². The summed E-state index contributed by atoms with van der Waals surface area (Å²) >= 11 is 7.09. The molecule has 4 nitrogen and oxygen atoms in total. The third-order valence-electron chi connectivity index (χ3n) is 3.48. The maximum Gasteiger partial charge on any atom is 0.277 e. The fraction of sp³-hybridized carbons (Fsp3) is 0.167. The Balaban J connectivity index is 1.70. The van der Waals surface area contributed by atoms with Gasteiger partial charge in [0.15, 0.2) is 5.78 Å². The molecule has 122 valence electrons. The zero-order valence-corrected chi connectivity index (χ0v) is 14.8. The molecule has 0 amide bonds. The normalized spacial score (nSPS) is 12.1. The van der Waals surface area contributed by atoms with E-state index >= 15 is 0 Å². The van der Waals surface area contributed by atoms with Crippen LogP contribution in [0.3, 0.4) is 0 Å². The van der Waals surface area contributed by atoms with Crippen molar-refractivity contribution in [2.75, 3.05) is 0 Å². The Morgan fingerprint density at radius 3 is 2.42 bits per heavy atom. The molecule has 0 spiro atoms. The van der Waals surface area contributed by atoms with E-state index in [-0.39, 0.29) is 11.0 Å². The Morgan fingerprint density at radius 1 is 1.08 bits per heavy atom. The summed E-state index contributed by atoms with van der Waals surface area (Å²) in [6.45, 7) is 3.83. The van der Waals surface area contributed by atoms with Crippen LogP contribution >= 0.6 is 23.4 Å². The molecule has 3 aromatic rings. The van der Waals surface area contributed by atoms with Gasteiger partial charge >= 0.3 is 0 Å². The van der Waals surface area contributed by atoms with Crippen molar-refractivity contribution in [2.24, 2.45) is 0 Å². The zero-order chi connectivity index (χ0) is 17.1. The zero-order valence-electron chi connectivity index (χ0n) is 13.2. The van der Waals surface area contributed by atoms with Crippen LogP contribution in [0.4, 0.5) is 0 Å². The number of ketones is 1. The lowest BCUT2D eigenvalue weighted by Crippen LogP contribution is -2.13. The molecular formula is C18H15ClN2O2S. The van der Waals surface area contributed by atoms with Crippen molar-refractivity contribution in [1.29, 1.82) is 0 Å². The number of rotatable bonds is 5. The molecule has 1 atom stereocenters. The topological polar surface area (TPSA) is 56.0 Å². The second-order valence-electron chi connectivity index (χ2n) is 5.37. The van der Waals surface area contributed by atoms with Crippen LogP contribution in [0.25, 0.3) is 11.5 Å². The molecule has 0 aliphatic heterocycles. The number of nitrogens with zero attached hydrogens (tertiary/aromatic N) is 2. The summed E-state index contributed by atoms with van der Waals surface area (Å²) in [6, 6.07) is 14.7. The van der Waals surface area contributed by atoms with Crippen LogP contribution in [-0.2, 0) is 0 Å². The molecule has 2 aromatic carbocycles. The molecule has 6 heteroatoms. The fourth-order valence-electron chi connectivity index (χ4n) is 2.12. The van der Waals surface area contributed by atoms with E-state index in [9.17, 15) is 4.79 Å². The molecule has 0 bridgehead atoms. The van der Waals surface area contributed by atoms with Crippen molar-refractivity contribution >= 4 is 29.1 Å². The van der Waals surface area contributed by atoms with Crippen molar-refractivity contribution in [2.45, 2.75) is 24.3 Å². The molecule has 0 aliphatic rings. The molecule has 1 aromatic heterocycles. The average Bonchev–Trinajstić information content (AvgIpc) is 3.04. The van der Waals surface area contributed by atoms with Gasteiger partial charge in [-0.3, -0.25) is 4.79 Å². The summed E-state index contributed by atoms with van der Waals surface area (Å²) in [5.41, 5.74) is 2.63. The van der Waals surface area contributed by atoms with E-state index in [4.69, 9.17) is 16.0 Å². The van der Waals surface area contributed by atoms with Gasteiger partial charge in [0.2, 0.25) is 5.89 Å². The number of hydrogen-bond acceptors (Lipinski definition) is 5. The lowest BCUT2D eigenvalue weighted by molar-refractivity contribution is 0.0993. The lowest BCUT2D eigenvalue weighted by atomic mass is 10.1. The first-order valence-corrected chi connectivity index (χ1v) is 8.65. The number of thioether (sulfide) groups is 1. The van der Waals surface area contributed by atoms with Crippen LogP contribution < -0.4 is 0 Å². The van der Waals surface area contributed by atoms with Gasteiger partial charge in [-0.25, -0.2) is 0 Å². The molecule has 0 N–H and O–H groups in total. The van der Waals surface area contributed by atoms with Gasteiger partial charge in [-0.2, -0.15) is 0 Å². The standard InChI is InChI=1S/C18H15ClN2O2S/c1-11-3-5-14(6-4-11)17-20-21-18(23-17)24-12(2)16(22)13-7-9-15(19)10-8-13/h3-10,12H,1-2H3/t12-/m1/s1. The fourth-order valence-corrected chi connectivity index (χ4v) is 3.01. The van der Waals surface area contributed by atoms with E-state index < -0.39 is 0 Å². The summed E-state index contributed by atoms with van der Waals surface area (Å²) in [5, 5.41) is 8.71. The molecule has 0 unspecified atom stereocenters. The minimum Gasteiger partial charge on any atom is -0.411 e. The molecule has 0 saturated heterocycles. The quantitative estimate of drug-likeness (QED) is 0.471. The SMILES string of the molecule is Cc1ccc(-c2nnc(S[C@H](C)C(=O)c3ccc(Cl)cc3)o2)cc1. The number of Topliss-reactive ketones (excluding diaryl/α,β-unsaturated/α-hetero) is 1. The number of carbonyl (C=O) groups excluding carboxylic acids is 1. The summed E-state index contributed by atoms with van der Waals surface area (Å²) in [4.78, 5) is 12.4. The van der Waals surface area contributed by atoms with Gasteiger partial charge in [0.25, 0.3) is 5.22 Å². The van der Waals surface area contributed by atoms with Crippen molar-refractivity contribution in [1.82, 2.24) is 10.2 Å². The first kappa shape index (κ1) is 16.7. The average molecular weight is 359 g/mol. The van der Waals surface area contributed by atoms with E-state index in [1.165, 1.54) is 11.8 Å². The number of aromatic nitrogens is 2. The Hall–Kier alpha value is -2.11. The van der Waals surface area contributed by atoms with E-state index in [0.29, 0.717) is 21.7 Å². The van der Waals surface area contributed by atoms with E-state index in [0.717, 1.165) is 11.1 Å². The number of aryl methyl sites for hydroxylation is 1. The molecule has 1 heterocycles. The van der Waals surface area contributed by atoms with Gasteiger partial charge in [-0.1, -0.05) is 41.1 Å². The highest BCUT2D eigenvalue weighted by Gasteiger charge is 2.20. The van der Waals surface area contributed by atoms with Crippen molar-refractivity contribution in [3.05, 3.63) is 64.7 Å². The molecule has 0 saturated carbocycles. The van der Waals surface area contributed by atoms with Crippen molar-refractivity contribution in [3.63, 3.8) is 0 Å². The van der Waals surface area contributed by atoms with Crippen LogP contribution in [0.1, 0.15) is 22.8 Å². The molecule has 3 rings (SSSR count). The second-order valence-corrected chi connectivity index (χ2v) is 7.10. The maximum absolute atomic E-state index is 12.4. The lowest BCUT2D eigenvalue weighted by Gasteiger charge is -2.07. The Bertz CT molecular complexity index is 844. The van der Waals surface area contributed by atoms with Crippen LogP contribution in [-0.4, -0.2) is 21.2 Å². The minimum absolute atomic E-state index is 0.00764. The summed E-state index contributed by atoms with van der Waals surface area (Å²) < 4.78 is 5.65. The van der Waals surface area contributed by atoms with E-state index in [1.54, 1.807) is 24.3 Å². The molecule has 0 radical (unpaired) electrons. The van der Waals surface area contributed by atoms with Crippen LogP contribution in [0, 0.1) is 6.92 Å². The van der Waals surface area contributed by atoms with E-state index in [2.05, 4.69) is 10.2 Å². The van der Waals surface area contributed by atoms with Crippen LogP contribution in [0.2, 0.25) is 5.02 Å². The van der Waals surface area contributed by atoms with Crippen molar-refractivity contribution < 1.29 is 9.21 Å². The highest BCUT2D eigenvalue weighted by Crippen LogP contribution is 2.28. The molecular weight excluding hydrogens is 344 g/mol. The van der Waals surface area contributed by atoms with Gasteiger partial charge in [0, 0.05) is 16.1 Å². The highest BCUT2D eigenvalue weighted by atomic mass is 35.5. The minimum atomic E-state index is -0.336. The third kappa shape index (κ3) is 3.86. The Morgan fingerprint density at radius 2 is 1.75 bits per heavy atom. The van der Waals surface area contributed by atoms with Gasteiger partial charge in [0.05, 0.1) is 5.25 Å².